The average Bonchev–Trinajstić information content (AvgIpc) is 2.36. The number of hydrogen-bond donors (Lipinski definition) is 3. The van der Waals surface area contributed by atoms with Crippen molar-refractivity contribution in [2.45, 2.75) is 6.54 Å². The fourth-order valence-corrected chi connectivity index (χ4v) is 2.12. The number of nitrogens with one attached hydrogen (secondary N) is 2. The van der Waals surface area contributed by atoms with Crippen molar-refractivity contribution in [1.82, 2.24) is 0 Å². The van der Waals surface area contributed by atoms with Gasteiger partial charge in [0.05, 0.1) is 5.69 Å². The van der Waals surface area contributed by atoms with E-state index in [0.717, 1.165) is 11.3 Å². The lowest BCUT2D eigenvalue weighted by molar-refractivity contribution is 0.603. The van der Waals surface area contributed by atoms with Gasteiger partial charge in [-0.3, -0.25) is 4.72 Å². The summed E-state index contributed by atoms with van der Waals surface area (Å²) in [6.07, 6.45) is 0. The molecule has 106 valence electrons. The Morgan fingerprint density at radius 2 is 1.70 bits per heavy atom. The Labute approximate surface area is 116 Å². The van der Waals surface area contributed by atoms with Crippen LogP contribution in [0.25, 0.3) is 0 Å². The quantitative estimate of drug-likeness (QED) is 0.789. The standard InChI is InChI=1S/C13H14FN3O2S/c14-11-6-4-10(5-7-11)9-16-12-2-1-3-13(8-12)17-20(15,18)19/h1-8,16-17H,9H2,(H2,15,18,19). The maximum atomic E-state index is 12.8. The molecule has 0 bridgehead atoms. The summed E-state index contributed by atoms with van der Waals surface area (Å²) in [4.78, 5) is 0. The van der Waals surface area contributed by atoms with Gasteiger partial charge in [0.25, 0.3) is 10.2 Å². The third-order valence-corrected chi connectivity index (χ3v) is 3.05. The Kier molecular flexibility index (Phi) is 4.21. The van der Waals surface area contributed by atoms with Crippen LogP contribution in [0.2, 0.25) is 0 Å². The molecule has 4 N–H and O–H groups in total. The maximum Gasteiger partial charge on any atom is 0.296 e. The molecule has 0 aliphatic carbocycles. The number of anilines is 2. The van der Waals surface area contributed by atoms with Crippen LogP contribution in [-0.2, 0) is 16.8 Å². The lowest BCUT2D eigenvalue weighted by Crippen LogP contribution is -2.21. The Balaban J connectivity index is 2.03. The van der Waals surface area contributed by atoms with Gasteiger partial charge in [-0.1, -0.05) is 18.2 Å². The van der Waals surface area contributed by atoms with E-state index in [0.29, 0.717) is 12.2 Å². The Hall–Kier alpha value is -2.12. The molecule has 5 nitrogen and oxygen atoms in total. The molecule has 0 amide bonds. The zero-order chi connectivity index (χ0) is 14.6. The molecule has 0 atom stereocenters. The summed E-state index contributed by atoms with van der Waals surface area (Å²) in [6, 6.07) is 12.8. The second kappa shape index (κ2) is 5.89. The highest BCUT2D eigenvalue weighted by Gasteiger charge is 2.02. The molecule has 0 aliphatic heterocycles. The molecule has 0 aromatic heterocycles. The Morgan fingerprint density at radius 3 is 2.35 bits per heavy atom. The van der Waals surface area contributed by atoms with Gasteiger partial charge in [-0.2, -0.15) is 8.42 Å². The summed E-state index contributed by atoms with van der Waals surface area (Å²) in [6.45, 7) is 0.499. The summed E-state index contributed by atoms with van der Waals surface area (Å²) in [7, 11) is -3.79. The van der Waals surface area contributed by atoms with Crippen LogP contribution in [-0.4, -0.2) is 8.42 Å². The highest BCUT2D eigenvalue weighted by atomic mass is 32.2. The molecular weight excluding hydrogens is 281 g/mol. The molecule has 0 aliphatic rings. The predicted octanol–water partition coefficient (Wildman–Crippen LogP) is 2.05. The van der Waals surface area contributed by atoms with Crippen LogP contribution in [0.5, 0.6) is 0 Å². The van der Waals surface area contributed by atoms with Crippen molar-refractivity contribution in [3.05, 3.63) is 59.9 Å². The second-order valence-corrected chi connectivity index (χ2v) is 5.50. The van der Waals surface area contributed by atoms with E-state index in [9.17, 15) is 12.8 Å². The Morgan fingerprint density at radius 1 is 1.05 bits per heavy atom. The number of rotatable bonds is 5. The monoisotopic (exact) mass is 295 g/mol. The normalized spacial score (nSPS) is 11.1. The molecule has 7 heteroatoms. The van der Waals surface area contributed by atoms with Crippen molar-refractivity contribution in [2.24, 2.45) is 5.14 Å². The first-order valence-corrected chi connectivity index (χ1v) is 7.36. The van der Waals surface area contributed by atoms with Crippen molar-refractivity contribution < 1.29 is 12.8 Å². The van der Waals surface area contributed by atoms with Crippen LogP contribution in [0, 0.1) is 5.82 Å². The van der Waals surface area contributed by atoms with Gasteiger partial charge in [-0.05, 0) is 35.9 Å². The number of benzene rings is 2. The fraction of sp³-hybridized carbons (Fsp3) is 0.0769. The van der Waals surface area contributed by atoms with Crippen LogP contribution in [0.3, 0.4) is 0 Å². The molecular formula is C13H14FN3O2S. The van der Waals surface area contributed by atoms with Gasteiger partial charge >= 0.3 is 0 Å². The van der Waals surface area contributed by atoms with E-state index in [1.54, 1.807) is 36.4 Å². The lowest BCUT2D eigenvalue weighted by Gasteiger charge is -2.09. The first-order chi connectivity index (χ1) is 9.42. The largest absolute Gasteiger partial charge is 0.381 e. The maximum absolute atomic E-state index is 12.8. The smallest absolute Gasteiger partial charge is 0.296 e. The summed E-state index contributed by atoms with van der Waals surface area (Å²) in [5.41, 5.74) is 2.01. The highest BCUT2D eigenvalue weighted by molar-refractivity contribution is 7.90. The number of nitrogens with two attached hydrogens (primary N) is 1. The highest BCUT2D eigenvalue weighted by Crippen LogP contribution is 2.16. The van der Waals surface area contributed by atoms with Gasteiger partial charge in [-0.15, -0.1) is 0 Å². The number of halogens is 1. The molecule has 0 fully saturated rings. The van der Waals surface area contributed by atoms with E-state index < -0.39 is 10.2 Å². The van der Waals surface area contributed by atoms with Crippen molar-refractivity contribution in [3.63, 3.8) is 0 Å². The topological polar surface area (TPSA) is 84.2 Å². The van der Waals surface area contributed by atoms with Crippen molar-refractivity contribution in [3.8, 4) is 0 Å². The first kappa shape index (κ1) is 14.3. The van der Waals surface area contributed by atoms with Crippen LogP contribution in [0.15, 0.2) is 48.5 Å². The summed E-state index contributed by atoms with van der Waals surface area (Å²) in [5.74, 6) is -0.284. The molecule has 0 saturated heterocycles. The number of hydrogen-bond acceptors (Lipinski definition) is 3. The summed E-state index contributed by atoms with van der Waals surface area (Å²) in [5, 5.41) is 8.01. The van der Waals surface area contributed by atoms with Gasteiger partial charge in [0, 0.05) is 12.2 Å². The minimum atomic E-state index is -3.79. The minimum absolute atomic E-state index is 0.284. The van der Waals surface area contributed by atoms with Gasteiger partial charge < -0.3 is 5.32 Å². The predicted molar refractivity (Wildman–Crippen MR) is 76.9 cm³/mol. The van der Waals surface area contributed by atoms with Crippen LogP contribution < -0.4 is 15.2 Å². The first-order valence-electron chi connectivity index (χ1n) is 5.81. The molecule has 0 spiro atoms. The van der Waals surface area contributed by atoms with Crippen molar-refractivity contribution in [1.29, 1.82) is 0 Å². The fourth-order valence-electron chi connectivity index (χ4n) is 1.66. The summed E-state index contributed by atoms with van der Waals surface area (Å²) >= 11 is 0. The molecule has 0 radical (unpaired) electrons. The zero-order valence-electron chi connectivity index (χ0n) is 10.5. The van der Waals surface area contributed by atoms with Gasteiger partial charge in [0.2, 0.25) is 0 Å². The van der Waals surface area contributed by atoms with Gasteiger partial charge in [-0.25, -0.2) is 9.53 Å². The van der Waals surface area contributed by atoms with Crippen LogP contribution in [0.4, 0.5) is 15.8 Å². The van der Waals surface area contributed by atoms with E-state index in [-0.39, 0.29) is 5.82 Å². The Bertz CT molecular complexity index is 687. The van der Waals surface area contributed by atoms with Crippen molar-refractivity contribution >= 4 is 21.6 Å². The van der Waals surface area contributed by atoms with Gasteiger partial charge in [0.15, 0.2) is 0 Å². The zero-order valence-corrected chi connectivity index (χ0v) is 11.3. The molecule has 2 aromatic carbocycles. The second-order valence-electron chi connectivity index (χ2n) is 4.21. The SMILES string of the molecule is NS(=O)(=O)Nc1cccc(NCc2ccc(F)cc2)c1. The molecule has 0 unspecified atom stereocenters. The molecule has 0 saturated carbocycles. The van der Waals surface area contributed by atoms with E-state index in [4.69, 9.17) is 5.14 Å². The van der Waals surface area contributed by atoms with E-state index in [2.05, 4.69) is 10.0 Å². The minimum Gasteiger partial charge on any atom is -0.381 e. The molecule has 20 heavy (non-hydrogen) atoms. The molecule has 2 aromatic rings. The summed E-state index contributed by atoms with van der Waals surface area (Å²) < 4.78 is 36.8. The van der Waals surface area contributed by atoms with Crippen LogP contribution >= 0.6 is 0 Å². The van der Waals surface area contributed by atoms with E-state index in [1.807, 2.05) is 0 Å². The third-order valence-electron chi connectivity index (χ3n) is 2.53. The van der Waals surface area contributed by atoms with Gasteiger partial charge in [0.1, 0.15) is 5.82 Å². The lowest BCUT2D eigenvalue weighted by atomic mass is 10.2. The van der Waals surface area contributed by atoms with Crippen molar-refractivity contribution in [2.75, 3.05) is 10.0 Å². The molecule has 0 heterocycles. The van der Waals surface area contributed by atoms with E-state index in [1.165, 1.54) is 12.1 Å². The van der Waals surface area contributed by atoms with E-state index >= 15 is 0 Å². The van der Waals surface area contributed by atoms with Crippen LogP contribution in [0.1, 0.15) is 5.56 Å². The molecule has 2 rings (SSSR count). The average molecular weight is 295 g/mol. The third kappa shape index (κ3) is 4.52.